The molecule has 23 heavy (non-hydrogen) atoms. The molecule has 2 aliphatic heterocycles. The summed E-state index contributed by atoms with van der Waals surface area (Å²) >= 11 is 0. The average Bonchev–Trinajstić information content (AvgIpc) is 2.62. The summed E-state index contributed by atoms with van der Waals surface area (Å²) in [7, 11) is 0. The highest BCUT2D eigenvalue weighted by Gasteiger charge is 2.24. The molecule has 122 valence electrons. The zero-order valence-electron chi connectivity index (χ0n) is 13.5. The maximum absolute atomic E-state index is 5.46. The fourth-order valence-corrected chi connectivity index (χ4v) is 3.80. The fraction of sp³-hybridized carbons (Fsp3) is 0.556. The van der Waals surface area contributed by atoms with Crippen LogP contribution in [0.25, 0.3) is 10.9 Å². The number of ether oxygens (including phenoxy) is 1. The lowest BCUT2D eigenvalue weighted by molar-refractivity contribution is 0.0296. The summed E-state index contributed by atoms with van der Waals surface area (Å²) in [6.07, 6.45) is 4.26. The van der Waals surface area contributed by atoms with E-state index in [0.29, 0.717) is 0 Å². The van der Waals surface area contributed by atoms with E-state index < -0.39 is 0 Å². The molecule has 3 heterocycles. The van der Waals surface area contributed by atoms with E-state index in [1.165, 1.54) is 24.8 Å². The number of anilines is 1. The molecule has 5 heteroatoms. The zero-order chi connectivity index (χ0) is 15.5. The first-order valence-electron chi connectivity index (χ1n) is 8.65. The molecule has 5 nitrogen and oxygen atoms in total. The molecular formula is C18H24N4O. The number of hydrogen-bond donors (Lipinski definition) is 0. The number of benzene rings is 1. The minimum Gasteiger partial charge on any atom is -0.379 e. The van der Waals surface area contributed by atoms with Crippen molar-refractivity contribution in [2.24, 2.45) is 5.92 Å². The van der Waals surface area contributed by atoms with E-state index in [1.54, 1.807) is 6.33 Å². The average molecular weight is 312 g/mol. The molecule has 0 saturated carbocycles. The Bertz CT molecular complexity index is 651. The highest BCUT2D eigenvalue weighted by Crippen LogP contribution is 2.27. The molecule has 4 rings (SSSR count). The summed E-state index contributed by atoms with van der Waals surface area (Å²) in [5.41, 5.74) is 1.04. The molecule has 1 atom stereocenters. The predicted molar refractivity (Wildman–Crippen MR) is 91.7 cm³/mol. The minimum absolute atomic E-state index is 0.718. The van der Waals surface area contributed by atoms with Crippen LogP contribution >= 0.6 is 0 Å². The lowest BCUT2D eigenvalue weighted by Crippen LogP contribution is -2.44. The van der Waals surface area contributed by atoms with Gasteiger partial charge in [-0.1, -0.05) is 12.1 Å². The van der Waals surface area contributed by atoms with Crippen LogP contribution in [0.3, 0.4) is 0 Å². The van der Waals surface area contributed by atoms with Crippen molar-refractivity contribution in [2.75, 3.05) is 50.8 Å². The van der Waals surface area contributed by atoms with Crippen molar-refractivity contribution in [3.63, 3.8) is 0 Å². The monoisotopic (exact) mass is 312 g/mol. The van der Waals surface area contributed by atoms with Crippen molar-refractivity contribution in [3.05, 3.63) is 30.6 Å². The maximum atomic E-state index is 5.46. The van der Waals surface area contributed by atoms with Gasteiger partial charge < -0.3 is 9.64 Å². The highest BCUT2D eigenvalue weighted by atomic mass is 16.5. The Morgan fingerprint density at radius 3 is 2.87 bits per heavy atom. The van der Waals surface area contributed by atoms with E-state index >= 15 is 0 Å². The molecule has 0 spiro atoms. The molecule has 2 aromatic rings. The summed E-state index contributed by atoms with van der Waals surface area (Å²) in [5, 5.41) is 1.17. The van der Waals surface area contributed by atoms with E-state index in [-0.39, 0.29) is 0 Å². The number of hydrogen-bond acceptors (Lipinski definition) is 5. The minimum atomic E-state index is 0.718. The van der Waals surface area contributed by atoms with Gasteiger partial charge in [0, 0.05) is 38.1 Å². The smallest absolute Gasteiger partial charge is 0.139 e. The molecule has 0 aliphatic carbocycles. The molecule has 1 aromatic heterocycles. The van der Waals surface area contributed by atoms with Gasteiger partial charge in [-0.25, -0.2) is 9.97 Å². The molecule has 1 aromatic carbocycles. The molecule has 0 N–H and O–H groups in total. The molecule has 0 unspecified atom stereocenters. The summed E-state index contributed by atoms with van der Waals surface area (Å²) in [6.45, 7) is 7.29. The van der Waals surface area contributed by atoms with E-state index in [0.717, 1.165) is 56.6 Å². The third kappa shape index (κ3) is 3.31. The van der Waals surface area contributed by atoms with Gasteiger partial charge in [-0.2, -0.15) is 0 Å². The Balaban J connectivity index is 1.50. The third-order valence-corrected chi connectivity index (χ3v) is 4.96. The van der Waals surface area contributed by atoms with Crippen LogP contribution in [0.2, 0.25) is 0 Å². The van der Waals surface area contributed by atoms with Gasteiger partial charge >= 0.3 is 0 Å². The van der Waals surface area contributed by atoms with Crippen molar-refractivity contribution >= 4 is 16.7 Å². The van der Waals surface area contributed by atoms with Gasteiger partial charge in [-0.3, -0.25) is 4.90 Å². The van der Waals surface area contributed by atoms with E-state index in [9.17, 15) is 0 Å². The second kappa shape index (κ2) is 6.81. The molecule has 2 aliphatic rings. The Morgan fingerprint density at radius 1 is 1.09 bits per heavy atom. The fourth-order valence-electron chi connectivity index (χ4n) is 3.80. The summed E-state index contributed by atoms with van der Waals surface area (Å²) in [5.74, 6) is 1.82. The van der Waals surface area contributed by atoms with Crippen molar-refractivity contribution in [3.8, 4) is 0 Å². The second-order valence-corrected chi connectivity index (χ2v) is 6.58. The topological polar surface area (TPSA) is 41.5 Å². The lowest BCUT2D eigenvalue weighted by atomic mass is 9.97. The Hall–Kier alpha value is -1.72. The van der Waals surface area contributed by atoms with Crippen LogP contribution < -0.4 is 4.90 Å². The van der Waals surface area contributed by atoms with Gasteiger partial charge in [0.15, 0.2) is 0 Å². The van der Waals surface area contributed by atoms with Gasteiger partial charge in [0.25, 0.3) is 0 Å². The molecule has 0 radical (unpaired) electrons. The molecular weight excluding hydrogens is 288 g/mol. The first kappa shape index (κ1) is 14.8. The summed E-state index contributed by atoms with van der Waals surface area (Å²) in [6, 6.07) is 8.31. The van der Waals surface area contributed by atoms with Crippen LogP contribution in [0.15, 0.2) is 30.6 Å². The molecule has 2 saturated heterocycles. The number of piperidine rings is 1. The van der Waals surface area contributed by atoms with Crippen molar-refractivity contribution in [1.29, 1.82) is 0 Å². The van der Waals surface area contributed by atoms with E-state index in [4.69, 9.17) is 4.74 Å². The SMILES string of the molecule is c1ccc2c(N3CCC[C@H](CN4CCOCC4)C3)ncnc2c1. The lowest BCUT2D eigenvalue weighted by Gasteiger charge is -2.37. The van der Waals surface area contributed by atoms with E-state index in [2.05, 4.69) is 38.0 Å². The van der Waals surface area contributed by atoms with Crippen molar-refractivity contribution < 1.29 is 4.74 Å². The van der Waals surface area contributed by atoms with Crippen LogP contribution in [-0.4, -0.2) is 60.8 Å². The number of morpholine rings is 1. The quantitative estimate of drug-likeness (QED) is 0.869. The second-order valence-electron chi connectivity index (χ2n) is 6.58. The van der Waals surface area contributed by atoms with Gasteiger partial charge in [-0.05, 0) is 30.9 Å². The Kier molecular flexibility index (Phi) is 4.39. The third-order valence-electron chi connectivity index (χ3n) is 4.96. The van der Waals surface area contributed by atoms with Crippen LogP contribution in [0, 0.1) is 5.92 Å². The van der Waals surface area contributed by atoms with E-state index in [1.807, 2.05) is 6.07 Å². The normalized spacial score (nSPS) is 23.3. The number of nitrogens with zero attached hydrogens (tertiary/aromatic N) is 4. The number of aromatic nitrogens is 2. The van der Waals surface area contributed by atoms with Gasteiger partial charge in [0.2, 0.25) is 0 Å². The van der Waals surface area contributed by atoms with Crippen molar-refractivity contribution in [1.82, 2.24) is 14.9 Å². The summed E-state index contributed by atoms with van der Waals surface area (Å²) < 4.78 is 5.46. The predicted octanol–water partition coefficient (Wildman–Crippen LogP) is 2.18. The zero-order valence-corrected chi connectivity index (χ0v) is 13.5. The molecule has 2 fully saturated rings. The molecule has 0 amide bonds. The van der Waals surface area contributed by atoms with Gasteiger partial charge in [0.05, 0.1) is 18.7 Å². The highest BCUT2D eigenvalue weighted by molar-refractivity contribution is 5.89. The van der Waals surface area contributed by atoms with Crippen LogP contribution in [0.5, 0.6) is 0 Å². The van der Waals surface area contributed by atoms with Crippen LogP contribution in [0.1, 0.15) is 12.8 Å². The first-order chi connectivity index (χ1) is 11.4. The number of fused-ring (bicyclic) bond motifs is 1. The number of para-hydroxylation sites is 1. The maximum Gasteiger partial charge on any atom is 0.139 e. The largest absolute Gasteiger partial charge is 0.379 e. The molecule has 0 bridgehead atoms. The van der Waals surface area contributed by atoms with Crippen LogP contribution in [0.4, 0.5) is 5.82 Å². The van der Waals surface area contributed by atoms with Gasteiger partial charge in [0.1, 0.15) is 12.1 Å². The standard InChI is InChI=1S/C18H24N4O/c1-2-6-17-16(5-1)18(20-14-19-17)22-7-3-4-15(13-22)12-21-8-10-23-11-9-21/h1-2,5-6,14-15H,3-4,7-13H2/t15-/m1/s1. The Labute approximate surface area is 137 Å². The van der Waals surface area contributed by atoms with Crippen molar-refractivity contribution in [2.45, 2.75) is 12.8 Å². The van der Waals surface area contributed by atoms with Gasteiger partial charge in [-0.15, -0.1) is 0 Å². The number of rotatable bonds is 3. The summed E-state index contributed by atoms with van der Waals surface area (Å²) in [4.78, 5) is 14.0. The Morgan fingerprint density at radius 2 is 1.96 bits per heavy atom. The first-order valence-corrected chi connectivity index (χ1v) is 8.65. The van der Waals surface area contributed by atoms with Crippen LogP contribution in [-0.2, 0) is 4.74 Å².